The van der Waals surface area contributed by atoms with Gasteiger partial charge in [0, 0.05) is 12.6 Å². The largest absolute Gasteiger partial charge is 0.481 e. The van der Waals surface area contributed by atoms with Gasteiger partial charge in [-0.3, -0.25) is 4.79 Å². The lowest BCUT2D eigenvalue weighted by molar-refractivity contribution is -0.136. The number of rotatable bonds is 7. The second kappa shape index (κ2) is 7.06. The van der Waals surface area contributed by atoms with Crippen molar-refractivity contribution >= 4 is 16.0 Å². The number of aliphatic carboxylic acids is 1. The number of hydrogen-bond acceptors (Lipinski definition) is 4. The van der Waals surface area contributed by atoms with E-state index in [1.807, 2.05) is 0 Å². The predicted molar refractivity (Wildman–Crippen MR) is 66.7 cm³/mol. The number of nitrogens with zero attached hydrogens (tertiary/aromatic N) is 1. The van der Waals surface area contributed by atoms with E-state index in [0.29, 0.717) is 0 Å². The molecule has 6 nitrogen and oxygen atoms in total. The molecule has 0 radical (unpaired) electrons. The first-order valence-corrected chi connectivity index (χ1v) is 7.90. The smallest absolute Gasteiger partial charge is 0.304 e. The van der Waals surface area contributed by atoms with Gasteiger partial charge in [0.05, 0.1) is 18.8 Å². The Morgan fingerprint density at radius 3 is 2.33 bits per heavy atom. The van der Waals surface area contributed by atoms with Crippen LogP contribution in [0.1, 0.15) is 38.5 Å². The molecule has 0 amide bonds. The molecule has 1 saturated carbocycles. The molecule has 1 rings (SSSR count). The highest BCUT2D eigenvalue weighted by molar-refractivity contribution is 7.89. The predicted octanol–water partition coefficient (Wildman–Crippen LogP) is 0.418. The first-order valence-electron chi connectivity index (χ1n) is 6.29. The van der Waals surface area contributed by atoms with Crippen LogP contribution < -0.4 is 0 Å². The zero-order valence-electron chi connectivity index (χ0n) is 10.4. The summed E-state index contributed by atoms with van der Waals surface area (Å²) in [5, 5.41) is 17.6. The van der Waals surface area contributed by atoms with Gasteiger partial charge in [0.2, 0.25) is 10.0 Å². The van der Waals surface area contributed by atoms with Crippen LogP contribution in [-0.2, 0) is 14.8 Å². The van der Waals surface area contributed by atoms with Crippen LogP contribution in [0, 0.1) is 0 Å². The van der Waals surface area contributed by atoms with Crippen LogP contribution in [0.5, 0.6) is 0 Å². The first kappa shape index (κ1) is 15.4. The SMILES string of the molecule is O=C(O)CCS(=O)(=O)N(CCO)C1CCCCC1. The molecule has 0 bridgehead atoms. The average molecular weight is 279 g/mol. The maximum atomic E-state index is 12.1. The Balaban J connectivity index is 2.72. The highest BCUT2D eigenvalue weighted by atomic mass is 32.2. The van der Waals surface area contributed by atoms with Crippen LogP contribution in [0.2, 0.25) is 0 Å². The summed E-state index contributed by atoms with van der Waals surface area (Å²) in [5.41, 5.74) is 0. The fraction of sp³-hybridized carbons (Fsp3) is 0.909. The third kappa shape index (κ3) is 4.55. The zero-order chi connectivity index (χ0) is 13.6. The number of carbonyl (C=O) groups is 1. The summed E-state index contributed by atoms with van der Waals surface area (Å²) < 4.78 is 25.5. The van der Waals surface area contributed by atoms with Gasteiger partial charge < -0.3 is 10.2 Å². The van der Waals surface area contributed by atoms with Crippen LogP contribution in [0.4, 0.5) is 0 Å². The molecular formula is C11H21NO5S. The minimum absolute atomic E-state index is 0.0621. The molecule has 0 aromatic carbocycles. The molecule has 1 aliphatic rings. The van der Waals surface area contributed by atoms with E-state index in [0.717, 1.165) is 32.1 Å². The van der Waals surface area contributed by atoms with Gasteiger partial charge in [-0.1, -0.05) is 19.3 Å². The van der Waals surface area contributed by atoms with Gasteiger partial charge in [0.1, 0.15) is 0 Å². The van der Waals surface area contributed by atoms with Gasteiger partial charge in [0.25, 0.3) is 0 Å². The summed E-state index contributed by atoms with van der Waals surface area (Å²) in [6, 6.07) is -0.0790. The summed E-state index contributed by atoms with van der Waals surface area (Å²) in [5.74, 6) is -1.51. The maximum absolute atomic E-state index is 12.1. The standard InChI is InChI=1S/C11H21NO5S/c13-8-7-12(10-4-2-1-3-5-10)18(16,17)9-6-11(14)15/h10,13H,1-9H2,(H,14,15). The molecule has 0 atom stereocenters. The summed E-state index contributed by atoms with van der Waals surface area (Å²) in [6.45, 7) is -0.171. The molecule has 7 heteroatoms. The first-order chi connectivity index (χ1) is 8.47. The number of aliphatic hydroxyl groups excluding tert-OH is 1. The molecule has 0 unspecified atom stereocenters. The van der Waals surface area contributed by atoms with Crippen molar-refractivity contribution in [3.63, 3.8) is 0 Å². The molecule has 0 aliphatic heterocycles. The lowest BCUT2D eigenvalue weighted by Gasteiger charge is -2.32. The number of sulfonamides is 1. The minimum atomic E-state index is -3.59. The summed E-state index contributed by atoms with van der Waals surface area (Å²) in [4.78, 5) is 10.5. The fourth-order valence-corrected chi connectivity index (χ4v) is 4.04. The van der Waals surface area contributed by atoms with Crippen molar-refractivity contribution in [2.24, 2.45) is 0 Å². The lowest BCUT2D eigenvalue weighted by atomic mass is 9.95. The quantitative estimate of drug-likeness (QED) is 0.704. The van der Waals surface area contributed by atoms with Crippen LogP contribution in [0.3, 0.4) is 0 Å². The molecule has 0 heterocycles. The Kier molecular flexibility index (Phi) is 6.04. The zero-order valence-corrected chi connectivity index (χ0v) is 11.2. The normalized spacial score (nSPS) is 18.1. The average Bonchev–Trinajstić information content (AvgIpc) is 2.34. The molecule has 0 aromatic heterocycles. The Morgan fingerprint density at radius 1 is 1.22 bits per heavy atom. The third-order valence-corrected chi connectivity index (χ3v) is 5.15. The Labute approximate surface area is 108 Å². The van der Waals surface area contributed by atoms with Crippen molar-refractivity contribution < 1.29 is 23.4 Å². The minimum Gasteiger partial charge on any atom is -0.481 e. The van der Waals surface area contributed by atoms with E-state index in [1.165, 1.54) is 4.31 Å². The van der Waals surface area contributed by atoms with Gasteiger partial charge in [-0.25, -0.2) is 8.42 Å². The van der Waals surface area contributed by atoms with E-state index in [1.54, 1.807) is 0 Å². The van der Waals surface area contributed by atoms with E-state index in [2.05, 4.69) is 0 Å². The molecule has 0 aromatic rings. The second-order valence-corrected chi connectivity index (χ2v) is 6.63. The summed E-state index contributed by atoms with van der Waals surface area (Å²) in [6.07, 6.45) is 4.29. The van der Waals surface area contributed by atoms with E-state index >= 15 is 0 Å². The molecule has 1 aliphatic carbocycles. The monoisotopic (exact) mass is 279 g/mol. The van der Waals surface area contributed by atoms with Crippen LogP contribution >= 0.6 is 0 Å². The number of aliphatic hydroxyl groups is 1. The van der Waals surface area contributed by atoms with Crippen molar-refractivity contribution in [3.8, 4) is 0 Å². The van der Waals surface area contributed by atoms with Crippen LogP contribution in [0.25, 0.3) is 0 Å². The Hall–Kier alpha value is -0.660. The lowest BCUT2D eigenvalue weighted by Crippen LogP contribution is -2.44. The fourth-order valence-electron chi connectivity index (χ4n) is 2.35. The number of hydrogen-bond donors (Lipinski definition) is 2. The second-order valence-electron chi connectivity index (χ2n) is 4.59. The van der Waals surface area contributed by atoms with Gasteiger partial charge in [-0.05, 0) is 12.8 Å². The molecule has 1 fully saturated rings. The van der Waals surface area contributed by atoms with E-state index in [-0.39, 0.29) is 19.2 Å². The number of carboxylic acid groups (broad SMARTS) is 1. The van der Waals surface area contributed by atoms with Gasteiger partial charge in [-0.15, -0.1) is 0 Å². The molecule has 106 valence electrons. The third-order valence-electron chi connectivity index (χ3n) is 3.23. The molecule has 18 heavy (non-hydrogen) atoms. The molecular weight excluding hydrogens is 258 g/mol. The Morgan fingerprint density at radius 2 is 1.83 bits per heavy atom. The van der Waals surface area contributed by atoms with E-state index in [9.17, 15) is 13.2 Å². The molecule has 2 N–H and O–H groups in total. The highest BCUT2D eigenvalue weighted by Crippen LogP contribution is 2.24. The van der Waals surface area contributed by atoms with E-state index in [4.69, 9.17) is 10.2 Å². The van der Waals surface area contributed by atoms with Crippen molar-refractivity contribution in [2.45, 2.75) is 44.6 Å². The van der Waals surface area contributed by atoms with Crippen LogP contribution in [-0.4, -0.2) is 53.9 Å². The van der Waals surface area contributed by atoms with Crippen LogP contribution in [0.15, 0.2) is 0 Å². The van der Waals surface area contributed by atoms with Crippen molar-refractivity contribution in [1.82, 2.24) is 4.31 Å². The highest BCUT2D eigenvalue weighted by Gasteiger charge is 2.30. The topological polar surface area (TPSA) is 94.9 Å². The summed E-state index contributed by atoms with van der Waals surface area (Å²) in [7, 11) is -3.59. The number of carboxylic acids is 1. The van der Waals surface area contributed by atoms with Crippen molar-refractivity contribution in [1.29, 1.82) is 0 Å². The van der Waals surface area contributed by atoms with Gasteiger partial charge >= 0.3 is 5.97 Å². The van der Waals surface area contributed by atoms with Gasteiger partial charge in [-0.2, -0.15) is 4.31 Å². The maximum Gasteiger partial charge on any atom is 0.304 e. The van der Waals surface area contributed by atoms with Crippen molar-refractivity contribution in [2.75, 3.05) is 18.9 Å². The van der Waals surface area contributed by atoms with Crippen molar-refractivity contribution in [3.05, 3.63) is 0 Å². The van der Waals surface area contributed by atoms with E-state index < -0.39 is 28.2 Å². The van der Waals surface area contributed by atoms with Gasteiger partial charge in [0.15, 0.2) is 0 Å². The Bertz CT molecular complexity index is 362. The summed E-state index contributed by atoms with van der Waals surface area (Å²) >= 11 is 0. The molecule has 0 spiro atoms. The molecule has 0 saturated heterocycles.